The van der Waals surface area contributed by atoms with E-state index >= 15 is 0 Å². The molecule has 1 N–H and O–H groups in total. The fourth-order valence-electron chi connectivity index (χ4n) is 5.15. The summed E-state index contributed by atoms with van der Waals surface area (Å²) in [6.45, 7) is 1.58. The molecule has 1 aromatic carbocycles. The summed E-state index contributed by atoms with van der Waals surface area (Å²) in [6, 6.07) is 6.13. The van der Waals surface area contributed by atoms with Crippen LogP contribution < -0.4 is 10.1 Å². The predicted molar refractivity (Wildman–Crippen MR) is 89.4 cm³/mol. The van der Waals surface area contributed by atoms with E-state index in [1.807, 2.05) is 11.0 Å². The molecule has 2 heterocycles. The lowest BCUT2D eigenvalue weighted by Gasteiger charge is -2.43. The van der Waals surface area contributed by atoms with Crippen LogP contribution >= 0.6 is 0 Å². The van der Waals surface area contributed by atoms with Crippen LogP contribution in [0, 0.1) is 17.8 Å². The number of hydrogen-bond donors (Lipinski definition) is 1. The maximum Gasteiger partial charge on any atom is 0.573 e. The van der Waals surface area contributed by atoms with Crippen molar-refractivity contribution in [3.8, 4) is 5.75 Å². The second-order valence-electron chi connectivity index (χ2n) is 8.30. The smallest absolute Gasteiger partial charge is 0.447 e. The number of halogens is 3. The molecule has 2 aliphatic heterocycles. The van der Waals surface area contributed by atoms with Gasteiger partial charge in [0.2, 0.25) is 5.91 Å². The molecule has 28 heavy (non-hydrogen) atoms. The lowest BCUT2D eigenvalue weighted by Crippen LogP contribution is -2.58. The van der Waals surface area contributed by atoms with Crippen LogP contribution in [0.5, 0.6) is 5.75 Å². The Morgan fingerprint density at radius 2 is 1.96 bits per heavy atom. The number of carbonyl (C=O) groups is 2. The minimum atomic E-state index is -4.70. The second-order valence-corrected chi connectivity index (χ2v) is 8.30. The van der Waals surface area contributed by atoms with Crippen LogP contribution in [0.2, 0.25) is 0 Å². The number of nitrogens with zero attached hydrogens (tertiary/aromatic N) is 1. The highest BCUT2D eigenvalue weighted by atomic mass is 19.4. The molecule has 0 radical (unpaired) electrons. The van der Waals surface area contributed by atoms with Crippen molar-refractivity contribution < 1.29 is 32.2 Å². The number of amides is 2. The maximum absolute atomic E-state index is 12.7. The predicted octanol–water partition coefficient (Wildman–Crippen LogP) is 2.65. The van der Waals surface area contributed by atoms with Crippen LogP contribution in [0.4, 0.5) is 18.0 Å². The highest BCUT2D eigenvalue weighted by Gasteiger charge is 2.59. The number of cyclic esters (lactones) is 1. The highest BCUT2D eigenvalue weighted by molar-refractivity contribution is 5.82. The van der Waals surface area contributed by atoms with Gasteiger partial charge >= 0.3 is 12.5 Å². The molecule has 4 aliphatic rings. The molecule has 0 bridgehead atoms. The van der Waals surface area contributed by atoms with Crippen molar-refractivity contribution in [1.82, 2.24) is 10.2 Å². The third-order valence-corrected chi connectivity index (χ3v) is 6.45. The van der Waals surface area contributed by atoms with Gasteiger partial charge in [0.05, 0.1) is 5.54 Å². The van der Waals surface area contributed by atoms with Crippen molar-refractivity contribution in [2.45, 2.75) is 30.7 Å². The largest absolute Gasteiger partial charge is 0.573 e. The van der Waals surface area contributed by atoms with Crippen molar-refractivity contribution in [3.63, 3.8) is 0 Å². The molecular formula is C19H19F3N2O4. The number of benzene rings is 1. The minimum absolute atomic E-state index is 0.0959. The number of piperidine rings is 1. The fraction of sp³-hybridized carbons (Fsp3) is 0.579. The summed E-state index contributed by atoms with van der Waals surface area (Å²) in [7, 11) is 0. The summed E-state index contributed by atoms with van der Waals surface area (Å²) in [5, 5.41) is 2.79. The first kappa shape index (κ1) is 17.6. The van der Waals surface area contributed by atoms with Crippen LogP contribution in [0.15, 0.2) is 24.3 Å². The average Bonchev–Trinajstić information content (AvgIpc) is 2.91. The van der Waals surface area contributed by atoms with Crippen LogP contribution in [0.25, 0.3) is 0 Å². The molecule has 2 amide bonds. The van der Waals surface area contributed by atoms with E-state index in [4.69, 9.17) is 4.74 Å². The van der Waals surface area contributed by atoms with Crippen molar-refractivity contribution in [2.75, 3.05) is 19.7 Å². The normalized spacial score (nSPS) is 35.8. The Hall–Kier alpha value is -2.45. The highest BCUT2D eigenvalue weighted by Crippen LogP contribution is 2.59. The van der Waals surface area contributed by atoms with Gasteiger partial charge in [0, 0.05) is 19.0 Å². The van der Waals surface area contributed by atoms with E-state index < -0.39 is 12.5 Å². The Balaban J connectivity index is 1.16. The molecule has 2 aliphatic carbocycles. The third kappa shape index (κ3) is 2.97. The molecule has 1 spiro atoms. The molecule has 2 saturated heterocycles. The number of hydrogen-bond acceptors (Lipinski definition) is 4. The molecule has 6 nitrogen and oxygen atoms in total. The zero-order valence-corrected chi connectivity index (χ0v) is 14.9. The fourth-order valence-corrected chi connectivity index (χ4v) is 5.15. The zero-order valence-electron chi connectivity index (χ0n) is 14.9. The Morgan fingerprint density at radius 1 is 1.25 bits per heavy atom. The van der Waals surface area contributed by atoms with E-state index in [0.717, 1.165) is 5.56 Å². The minimum Gasteiger partial charge on any atom is -0.447 e. The first-order valence-corrected chi connectivity index (χ1v) is 9.32. The van der Waals surface area contributed by atoms with Gasteiger partial charge in [-0.1, -0.05) is 12.1 Å². The summed E-state index contributed by atoms with van der Waals surface area (Å²) in [5.41, 5.74) is 0.457. The number of nitrogens with one attached hydrogen (secondary N) is 1. The molecule has 4 fully saturated rings. The Labute approximate surface area is 159 Å². The number of rotatable bonds is 3. The zero-order chi connectivity index (χ0) is 19.7. The van der Waals surface area contributed by atoms with Gasteiger partial charge in [-0.3, -0.25) is 4.79 Å². The first-order valence-electron chi connectivity index (χ1n) is 9.32. The molecule has 1 aromatic rings. The number of fused-ring (bicyclic) bond motifs is 1. The van der Waals surface area contributed by atoms with Gasteiger partial charge in [0.25, 0.3) is 0 Å². The molecular weight excluding hydrogens is 377 g/mol. The third-order valence-electron chi connectivity index (χ3n) is 6.45. The second kappa shape index (κ2) is 5.78. The van der Waals surface area contributed by atoms with Gasteiger partial charge in [-0.05, 0) is 48.3 Å². The average molecular weight is 396 g/mol. The summed E-state index contributed by atoms with van der Waals surface area (Å²) in [5.74, 6) is 0.551. The standard InChI is InChI=1S/C19H19F3N2O4/c20-19(21,22)28-12-3-1-2-10(4-12)15-13-7-24(8-14(13)15)16(25)11-5-18(6-11)9-27-17(26)23-18/h1-4,11,13-15H,5-9H2,(H,23,26)/t11?,13-,14+,15?,18?. The number of carbonyl (C=O) groups excluding carboxylic acids is 2. The molecule has 0 aromatic heterocycles. The van der Waals surface area contributed by atoms with Gasteiger partial charge < -0.3 is 19.7 Å². The van der Waals surface area contributed by atoms with Crippen LogP contribution in [-0.2, 0) is 9.53 Å². The van der Waals surface area contributed by atoms with E-state index in [0.29, 0.717) is 32.5 Å². The first-order chi connectivity index (χ1) is 13.2. The van der Waals surface area contributed by atoms with Crippen molar-refractivity contribution in [2.24, 2.45) is 17.8 Å². The number of likely N-dealkylation sites (tertiary alicyclic amines) is 1. The van der Waals surface area contributed by atoms with Crippen molar-refractivity contribution >= 4 is 12.0 Å². The number of alkyl halides is 3. The van der Waals surface area contributed by atoms with Crippen LogP contribution in [-0.4, -0.2) is 48.5 Å². The lowest BCUT2D eigenvalue weighted by atomic mass is 9.68. The van der Waals surface area contributed by atoms with E-state index in [2.05, 4.69) is 10.1 Å². The summed E-state index contributed by atoms with van der Waals surface area (Å²) < 4.78 is 46.2. The monoisotopic (exact) mass is 396 g/mol. The molecule has 1 unspecified atom stereocenters. The molecule has 9 heteroatoms. The van der Waals surface area contributed by atoms with Gasteiger partial charge in [0.15, 0.2) is 0 Å². The molecule has 5 rings (SSSR count). The van der Waals surface area contributed by atoms with Crippen molar-refractivity contribution in [1.29, 1.82) is 0 Å². The summed E-state index contributed by atoms with van der Waals surface area (Å²) >= 11 is 0. The number of alkyl carbamates (subject to hydrolysis) is 1. The molecule has 3 atom stereocenters. The topological polar surface area (TPSA) is 67.9 Å². The van der Waals surface area contributed by atoms with E-state index in [9.17, 15) is 22.8 Å². The Kier molecular flexibility index (Phi) is 3.64. The van der Waals surface area contributed by atoms with Gasteiger partial charge in [-0.25, -0.2) is 4.79 Å². The van der Waals surface area contributed by atoms with Crippen LogP contribution in [0.3, 0.4) is 0 Å². The quantitative estimate of drug-likeness (QED) is 0.853. The summed E-state index contributed by atoms with van der Waals surface area (Å²) in [6.07, 6.45) is -3.92. The Bertz CT molecular complexity index is 825. The number of ether oxygens (including phenoxy) is 2. The lowest BCUT2D eigenvalue weighted by molar-refractivity contribution is -0.274. The van der Waals surface area contributed by atoms with Gasteiger partial charge in [0.1, 0.15) is 12.4 Å². The van der Waals surface area contributed by atoms with Crippen LogP contribution in [0.1, 0.15) is 24.3 Å². The van der Waals surface area contributed by atoms with Gasteiger partial charge in [-0.15, -0.1) is 13.2 Å². The maximum atomic E-state index is 12.7. The van der Waals surface area contributed by atoms with E-state index in [-0.39, 0.29) is 40.9 Å². The SMILES string of the molecule is O=C1NC2(CO1)CC(C(=O)N1C[C@@H]3C(c4cccc(OC(F)(F)F)c4)[C@@H]3C1)C2. The van der Waals surface area contributed by atoms with E-state index in [1.165, 1.54) is 12.1 Å². The molecule has 150 valence electrons. The van der Waals surface area contributed by atoms with E-state index in [1.54, 1.807) is 6.07 Å². The van der Waals surface area contributed by atoms with Gasteiger partial charge in [-0.2, -0.15) is 0 Å². The van der Waals surface area contributed by atoms with Crippen molar-refractivity contribution in [3.05, 3.63) is 29.8 Å². The summed E-state index contributed by atoms with van der Waals surface area (Å²) in [4.78, 5) is 25.8. The molecule has 2 saturated carbocycles. The Morgan fingerprint density at radius 3 is 2.57 bits per heavy atom.